The lowest BCUT2D eigenvalue weighted by atomic mass is 10.1. The van der Waals surface area contributed by atoms with Gasteiger partial charge in [0.15, 0.2) is 0 Å². The molecular weight excluding hydrogens is 320 g/mol. The first-order valence-corrected chi connectivity index (χ1v) is 8.02. The van der Waals surface area contributed by atoms with Crippen molar-refractivity contribution in [2.75, 3.05) is 17.3 Å². The summed E-state index contributed by atoms with van der Waals surface area (Å²) in [5.74, 6) is -0.537. The van der Waals surface area contributed by atoms with Crippen molar-refractivity contribution in [3.63, 3.8) is 0 Å². The van der Waals surface area contributed by atoms with Crippen LogP contribution >= 0.6 is 0 Å². The van der Waals surface area contributed by atoms with Crippen molar-refractivity contribution in [1.82, 2.24) is 0 Å². The van der Waals surface area contributed by atoms with Gasteiger partial charge in [0.1, 0.15) is 5.75 Å². The first kappa shape index (κ1) is 16.7. The second-order valence-corrected chi connectivity index (χ2v) is 5.68. The van der Waals surface area contributed by atoms with Gasteiger partial charge >= 0.3 is 0 Å². The van der Waals surface area contributed by atoms with E-state index in [1.807, 2.05) is 6.92 Å². The van der Waals surface area contributed by atoms with E-state index in [1.54, 1.807) is 42.5 Å². The van der Waals surface area contributed by atoms with Crippen LogP contribution in [0.3, 0.4) is 0 Å². The van der Waals surface area contributed by atoms with Crippen molar-refractivity contribution < 1.29 is 19.1 Å². The molecule has 1 aliphatic rings. The molecule has 0 unspecified atom stereocenters. The Labute approximate surface area is 145 Å². The summed E-state index contributed by atoms with van der Waals surface area (Å²) in [5, 5.41) is 2.77. The third-order valence-electron chi connectivity index (χ3n) is 3.98. The van der Waals surface area contributed by atoms with Gasteiger partial charge in [0, 0.05) is 18.2 Å². The number of amides is 3. The Morgan fingerprint density at radius 2 is 1.72 bits per heavy atom. The van der Waals surface area contributed by atoms with Gasteiger partial charge in [-0.1, -0.05) is 19.1 Å². The highest BCUT2D eigenvalue weighted by molar-refractivity contribution is 6.34. The standard InChI is InChI=1S/C19H18N2O4/c1-3-6-17(22)20-12-9-10-15(16(11-12)25-2)21-18(23)13-7-4-5-8-14(13)19(21)24/h4-5,7-11H,3,6H2,1-2H3,(H,20,22). The molecule has 0 aromatic heterocycles. The summed E-state index contributed by atoms with van der Waals surface area (Å²) in [6, 6.07) is 11.5. The number of nitrogens with one attached hydrogen (secondary N) is 1. The number of imide groups is 1. The maximum Gasteiger partial charge on any atom is 0.266 e. The lowest BCUT2D eigenvalue weighted by Crippen LogP contribution is -2.29. The first-order valence-electron chi connectivity index (χ1n) is 8.02. The van der Waals surface area contributed by atoms with Crippen LogP contribution in [0.2, 0.25) is 0 Å². The van der Waals surface area contributed by atoms with Gasteiger partial charge in [0.05, 0.1) is 23.9 Å². The zero-order valence-corrected chi connectivity index (χ0v) is 14.0. The summed E-state index contributed by atoms with van der Waals surface area (Å²) in [5.41, 5.74) is 1.64. The predicted molar refractivity (Wildman–Crippen MR) is 94.1 cm³/mol. The SMILES string of the molecule is CCCC(=O)Nc1ccc(N2C(=O)c3ccccc3C2=O)c(OC)c1. The Hall–Kier alpha value is -3.15. The summed E-state index contributed by atoms with van der Waals surface area (Å²) in [6.07, 6.45) is 1.17. The smallest absolute Gasteiger partial charge is 0.266 e. The van der Waals surface area contributed by atoms with Gasteiger partial charge in [-0.2, -0.15) is 0 Å². The fourth-order valence-electron chi connectivity index (χ4n) is 2.80. The lowest BCUT2D eigenvalue weighted by Gasteiger charge is -2.18. The number of fused-ring (bicyclic) bond motifs is 1. The number of methoxy groups -OCH3 is 1. The van der Waals surface area contributed by atoms with Gasteiger partial charge in [-0.25, -0.2) is 4.90 Å². The molecule has 1 aliphatic heterocycles. The lowest BCUT2D eigenvalue weighted by molar-refractivity contribution is -0.116. The maximum atomic E-state index is 12.6. The van der Waals surface area contributed by atoms with Gasteiger partial charge in [-0.3, -0.25) is 14.4 Å². The largest absolute Gasteiger partial charge is 0.494 e. The van der Waals surface area contributed by atoms with Crippen LogP contribution in [0.4, 0.5) is 11.4 Å². The molecule has 0 bridgehead atoms. The minimum Gasteiger partial charge on any atom is -0.494 e. The fourth-order valence-corrected chi connectivity index (χ4v) is 2.80. The predicted octanol–water partition coefficient (Wildman–Crippen LogP) is 3.23. The Morgan fingerprint density at radius 1 is 1.08 bits per heavy atom. The minimum atomic E-state index is -0.387. The zero-order valence-electron chi connectivity index (χ0n) is 14.0. The van der Waals surface area contributed by atoms with Crippen LogP contribution in [0, 0.1) is 0 Å². The van der Waals surface area contributed by atoms with Crippen LogP contribution in [-0.2, 0) is 4.79 Å². The number of hydrogen-bond donors (Lipinski definition) is 1. The third-order valence-corrected chi connectivity index (χ3v) is 3.98. The number of carbonyl (C=O) groups is 3. The van der Waals surface area contributed by atoms with Crippen LogP contribution in [0.1, 0.15) is 40.5 Å². The van der Waals surface area contributed by atoms with Gasteiger partial charge in [0.2, 0.25) is 5.91 Å². The fraction of sp³-hybridized carbons (Fsp3) is 0.211. The number of anilines is 2. The molecule has 3 amide bonds. The highest BCUT2D eigenvalue weighted by Gasteiger charge is 2.37. The average Bonchev–Trinajstić information content (AvgIpc) is 2.86. The van der Waals surface area contributed by atoms with E-state index in [4.69, 9.17) is 4.74 Å². The van der Waals surface area contributed by atoms with E-state index in [-0.39, 0.29) is 17.7 Å². The molecule has 6 nitrogen and oxygen atoms in total. The molecule has 0 saturated carbocycles. The van der Waals surface area contributed by atoms with E-state index in [0.717, 1.165) is 11.3 Å². The van der Waals surface area contributed by atoms with Crippen molar-refractivity contribution in [3.05, 3.63) is 53.6 Å². The molecule has 0 aliphatic carbocycles. The molecule has 3 rings (SSSR count). The van der Waals surface area contributed by atoms with Crippen LogP contribution in [0.5, 0.6) is 5.75 Å². The molecule has 128 valence electrons. The molecule has 0 saturated heterocycles. The van der Waals surface area contributed by atoms with Crippen LogP contribution in [0.15, 0.2) is 42.5 Å². The number of benzene rings is 2. The monoisotopic (exact) mass is 338 g/mol. The molecule has 0 atom stereocenters. The highest BCUT2D eigenvalue weighted by Crippen LogP contribution is 2.36. The number of ether oxygens (including phenoxy) is 1. The number of rotatable bonds is 5. The van der Waals surface area contributed by atoms with Gasteiger partial charge in [-0.15, -0.1) is 0 Å². The summed E-state index contributed by atoms with van der Waals surface area (Å²) < 4.78 is 5.34. The van der Waals surface area contributed by atoms with E-state index < -0.39 is 0 Å². The zero-order chi connectivity index (χ0) is 18.0. The molecule has 1 heterocycles. The van der Waals surface area contributed by atoms with Crippen molar-refractivity contribution in [2.24, 2.45) is 0 Å². The van der Waals surface area contributed by atoms with E-state index in [2.05, 4.69) is 5.32 Å². The van der Waals surface area contributed by atoms with Crippen molar-refractivity contribution in [3.8, 4) is 5.75 Å². The molecule has 0 fully saturated rings. The van der Waals surface area contributed by atoms with E-state index in [0.29, 0.717) is 34.7 Å². The van der Waals surface area contributed by atoms with Crippen LogP contribution in [-0.4, -0.2) is 24.8 Å². The molecule has 6 heteroatoms. The number of hydrogen-bond acceptors (Lipinski definition) is 4. The Balaban J connectivity index is 1.94. The molecule has 2 aromatic rings. The second kappa shape index (κ2) is 6.76. The molecule has 25 heavy (non-hydrogen) atoms. The van der Waals surface area contributed by atoms with Gasteiger partial charge in [0.25, 0.3) is 11.8 Å². The summed E-state index contributed by atoms with van der Waals surface area (Å²) in [4.78, 5) is 38.0. The van der Waals surface area contributed by atoms with Crippen molar-refractivity contribution in [1.29, 1.82) is 0 Å². The maximum absolute atomic E-state index is 12.6. The van der Waals surface area contributed by atoms with Crippen LogP contribution < -0.4 is 15.0 Å². The Kier molecular flexibility index (Phi) is 4.52. The molecular formula is C19H18N2O4. The van der Waals surface area contributed by atoms with Gasteiger partial charge < -0.3 is 10.1 Å². The summed E-state index contributed by atoms with van der Waals surface area (Å²) in [6.45, 7) is 1.92. The minimum absolute atomic E-state index is 0.0990. The average molecular weight is 338 g/mol. The van der Waals surface area contributed by atoms with Gasteiger partial charge in [-0.05, 0) is 30.7 Å². The molecule has 2 aromatic carbocycles. The topological polar surface area (TPSA) is 75.7 Å². The van der Waals surface area contributed by atoms with E-state index in [9.17, 15) is 14.4 Å². The Bertz CT molecular complexity index is 825. The quantitative estimate of drug-likeness (QED) is 0.849. The second-order valence-electron chi connectivity index (χ2n) is 5.68. The summed E-state index contributed by atoms with van der Waals surface area (Å²) >= 11 is 0. The van der Waals surface area contributed by atoms with E-state index >= 15 is 0 Å². The summed E-state index contributed by atoms with van der Waals surface area (Å²) in [7, 11) is 1.45. The molecule has 0 radical (unpaired) electrons. The highest BCUT2D eigenvalue weighted by atomic mass is 16.5. The third kappa shape index (κ3) is 2.98. The Morgan fingerprint density at radius 3 is 2.28 bits per heavy atom. The number of carbonyl (C=O) groups excluding carboxylic acids is 3. The van der Waals surface area contributed by atoms with Crippen LogP contribution in [0.25, 0.3) is 0 Å². The molecule has 1 N–H and O–H groups in total. The number of nitrogens with zero attached hydrogens (tertiary/aromatic N) is 1. The molecule has 0 spiro atoms. The first-order chi connectivity index (χ1) is 12.1. The normalized spacial score (nSPS) is 13.0. The van der Waals surface area contributed by atoms with Crippen molar-refractivity contribution >= 4 is 29.1 Å². The van der Waals surface area contributed by atoms with Crippen molar-refractivity contribution in [2.45, 2.75) is 19.8 Å². The van der Waals surface area contributed by atoms with E-state index in [1.165, 1.54) is 7.11 Å².